The lowest BCUT2D eigenvalue weighted by Crippen LogP contribution is -2.51. The summed E-state index contributed by atoms with van der Waals surface area (Å²) < 4.78 is 13.2. The average molecular weight is 1030 g/mol. The second-order valence-corrected chi connectivity index (χ2v) is 17.1. The summed E-state index contributed by atoms with van der Waals surface area (Å²) in [5, 5.41) is 63.3. The van der Waals surface area contributed by atoms with Crippen molar-refractivity contribution in [2.45, 2.75) is 101 Å². The lowest BCUT2D eigenvalue weighted by Gasteiger charge is -2.20. The van der Waals surface area contributed by atoms with Crippen LogP contribution in [0.4, 0.5) is 9.18 Å². The number of nitrogens with one attached hydrogen (secondary N) is 6. The molecule has 0 aliphatic carbocycles. The normalized spacial score (nSPS) is 12.9. The predicted octanol–water partition coefficient (Wildman–Crippen LogP) is 2.79. The minimum atomic E-state index is -1.57. The Morgan fingerprint density at radius 3 is 1.73 bits per heavy atom. The summed E-state index contributed by atoms with van der Waals surface area (Å²) in [4.78, 5) is 139. The Morgan fingerprint density at radius 1 is 0.541 bits per heavy atom. The van der Waals surface area contributed by atoms with Crippen molar-refractivity contribution in [3.05, 3.63) is 113 Å². The number of nitrogens with zero attached hydrogens (tertiary/aromatic N) is 1. The van der Waals surface area contributed by atoms with Crippen molar-refractivity contribution in [3.8, 4) is 0 Å². The number of fused-ring (bicyclic) bond motifs is 1. The molecular formula is C50H56FN7O16. The average Bonchev–Trinajstić information content (AvgIpc) is 3.36. The Hall–Kier alpha value is -8.83. The van der Waals surface area contributed by atoms with Crippen molar-refractivity contribution in [1.82, 2.24) is 36.9 Å². The van der Waals surface area contributed by atoms with Crippen molar-refractivity contribution < 1.29 is 82.7 Å². The summed E-state index contributed by atoms with van der Waals surface area (Å²) in [7, 11) is 0. The van der Waals surface area contributed by atoms with Crippen molar-refractivity contribution in [2.75, 3.05) is 6.54 Å². The van der Waals surface area contributed by atoms with E-state index in [4.69, 9.17) is 10.2 Å². The molecule has 74 heavy (non-hydrogen) atoms. The standard InChI is InChI=1S/C50H56FN7O16/c51-40-18-14-34(27-53-40)45(66)55-35(16-20-42(61)62)39(59)25-33(47(68)69)15-19-41(60)54-26-28-8-12-31(13-9-28)44(65)56-38(24-29-10-11-30-5-1-2-6-32(30)23-29)46(67)52-22-4-3-7-36(48(70)71)57-50(74)58-37(49(72)73)17-21-43(63)64/h1-2,5-6,8-14,18,23,27,33,35-38H,3-4,7,15-17,19-22,24-26H2,(H,52,67)(H,54,60)(H,55,66)(H,56,65)(H,61,62)(H,63,64)(H,68,69)(H,70,71)(H,72,73)(H2,57,58,74)/i51-1. The molecule has 5 unspecified atom stereocenters. The molecule has 24 heteroatoms. The van der Waals surface area contributed by atoms with Crippen molar-refractivity contribution in [2.24, 2.45) is 5.92 Å². The van der Waals surface area contributed by atoms with Crippen LogP contribution in [-0.4, -0.2) is 127 Å². The highest BCUT2D eigenvalue weighted by molar-refractivity contribution is 5.99. The van der Waals surface area contributed by atoms with Gasteiger partial charge in [0.2, 0.25) is 17.8 Å². The smallest absolute Gasteiger partial charge is 0.326 e. The van der Waals surface area contributed by atoms with Gasteiger partial charge in [0, 0.05) is 57.0 Å². The first-order chi connectivity index (χ1) is 35.2. The van der Waals surface area contributed by atoms with Crippen LogP contribution in [0.3, 0.4) is 0 Å². The number of halogens is 1. The fraction of sp³-hybridized carbons (Fsp3) is 0.360. The van der Waals surface area contributed by atoms with Gasteiger partial charge in [0.05, 0.1) is 17.5 Å². The molecule has 6 amide bonds. The van der Waals surface area contributed by atoms with Crippen LogP contribution in [-0.2, 0) is 51.3 Å². The third kappa shape index (κ3) is 19.8. The predicted molar refractivity (Wildman–Crippen MR) is 258 cm³/mol. The van der Waals surface area contributed by atoms with Gasteiger partial charge in [-0.3, -0.25) is 38.4 Å². The van der Waals surface area contributed by atoms with Gasteiger partial charge in [-0.15, -0.1) is 0 Å². The monoisotopic (exact) mass is 1030 g/mol. The van der Waals surface area contributed by atoms with Gasteiger partial charge < -0.3 is 57.4 Å². The van der Waals surface area contributed by atoms with E-state index in [9.17, 15) is 72.4 Å². The molecule has 3 aromatic carbocycles. The van der Waals surface area contributed by atoms with Gasteiger partial charge in [-0.1, -0.05) is 54.6 Å². The van der Waals surface area contributed by atoms with Crippen LogP contribution in [0, 0.1) is 11.9 Å². The molecule has 0 fully saturated rings. The summed E-state index contributed by atoms with van der Waals surface area (Å²) in [5.41, 5.74) is 1.30. The van der Waals surface area contributed by atoms with Gasteiger partial charge in [-0.25, -0.2) is 19.4 Å². The third-order valence-corrected chi connectivity index (χ3v) is 11.5. The number of carbonyl (C=O) groups is 11. The first-order valence-electron chi connectivity index (χ1n) is 23.2. The number of aromatic nitrogens is 1. The lowest BCUT2D eigenvalue weighted by molar-refractivity contribution is -0.145. The van der Waals surface area contributed by atoms with E-state index < -0.39 is 127 Å². The van der Waals surface area contributed by atoms with E-state index in [0.29, 0.717) is 5.56 Å². The molecule has 0 radical (unpaired) electrons. The molecular weight excluding hydrogens is 973 g/mol. The number of Topliss-reactive ketones (excluding diaryl/α,β-unsaturated/α-hetero) is 1. The van der Waals surface area contributed by atoms with Crippen LogP contribution in [0.15, 0.2) is 85.1 Å². The number of amides is 6. The molecule has 1 aromatic heterocycles. The topological polar surface area (TPSA) is 374 Å². The SMILES string of the molecule is O=C(O)CCC(NC(=O)NC(CCCCNC(=O)C(Cc1ccc2ccccc2c1)NC(=O)c1ccc(CNC(=O)CCC(CC(=O)C(CCC(=O)O)NC(=O)c2ccc([18F])nc2)C(=O)O)cc1)C(=O)O)C(=O)O. The number of rotatable bonds is 31. The number of hydrogen-bond acceptors (Lipinski definition) is 12. The van der Waals surface area contributed by atoms with Gasteiger partial charge >= 0.3 is 35.9 Å². The highest BCUT2D eigenvalue weighted by atomic mass is 18.2. The van der Waals surface area contributed by atoms with Crippen LogP contribution in [0.25, 0.3) is 10.8 Å². The summed E-state index contributed by atoms with van der Waals surface area (Å²) in [6, 6.07) is 14.5. The van der Waals surface area contributed by atoms with E-state index >= 15 is 0 Å². The van der Waals surface area contributed by atoms with Gasteiger partial charge in [0.1, 0.15) is 18.1 Å². The quantitative estimate of drug-likeness (QED) is 0.0255. The molecule has 4 aromatic rings. The summed E-state index contributed by atoms with van der Waals surface area (Å²) >= 11 is 0. The van der Waals surface area contributed by atoms with E-state index in [1.165, 1.54) is 12.1 Å². The van der Waals surface area contributed by atoms with Gasteiger partial charge in [-0.05, 0) is 84.7 Å². The molecule has 4 rings (SSSR count). The fourth-order valence-electron chi connectivity index (χ4n) is 7.40. The summed E-state index contributed by atoms with van der Waals surface area (Å²) in [5.74, 6) is -12.5. The largest absolute Gasteiger partial charge is 0.481 e. The summed E-state index contributed by atoms with van der Waals surface area (Å²) in [6.07, 6.45) is -1.85. The zero-order chi connectivity index (χ0) is 54.3. The van der Waals surface area contributed by atoms with Gasteiger partial charge in [0.15, 0.2) is 5.78 Å². The van der Waals surface area contributed by atoms with E-state index in [0.717, 1.165) is 34.7 Å². The Balaban J connectivity index is 1.31. The Kier molecular flexibility index (Phi) is 22.5. The van der Waals surface area contributed by atoms with Crippen molar-refractivity contribution in [3.63, 3.8) is 0 Å². The van der Waals surface area contributed by atoms with Crippen LogP contribution in [0.1, 0.15) is 96.1 Å². The van der Waals surface area contributed by atoms with E-state index in [2.05, 4.69) is 36.9 Å². The third-order valence-electron chi connectivity index (χ3n) is 11.5. The molecule has 5 atom stereocenters. The van der Waals surface area contributed by atoms with Crippen LogP contribution >= 0.6 is 0 Å². The van der Waals surface area contributed by atoms with Crippen molar-refractivity contribution in [1.29, 1.82) is 0 Å². The fourth-order valence-corrected chi connectivity index (χ4v) is 7.40. The Morgan fingerprint density at radius 2 is 1.12 bits per heavy atom. The highest BCUT2D eigenvalue weighted by Crippen LogP contribution is 2.19. The van der Waals surface area contributed by atoms with Gasteiger partial charge in [0.25, 0.3) is 11.8 Å². The Bertz CT molecular complexity index is 2690. The van der Waals surface area contributed by atoms with E-state index in [1.54, 1.807) is 12.1 Å². The minimum absolute atomic E-state index is 0.0395. The summed E-state index contributed by atoms with van der Waals surface area (Å²) in [6.45, 7) is 0.00241. The van der Waals surface area contributed by atoms with Gasteiger partial charge in [-0.2, -0.15) is 4.39 Å². The zero-order valence-corrected chi connectivity index (χ0v) is 39.7. The first kappa shape index (κ1) is 57.7. The lowest BCUT2D eigenvalue weighted by atomic mass is 9.92. The maximum absolute atomic E-state index is 13.6. The molecule has 11 N–H and O–H groups in total. The van der Waals surface area contributed by atoms with Crippen LogP contribution in [0.5, 0.6) is 0 Å². The number of carboxylic acids is 5. The zero-order valence-electron chi connectivity index (χ0n) is 39.7. The number of aliphatic carboxylic acids is 5. The first-order valence-corrected chi connectivity index (χ1v) is 23.2. The van der Waals surface area contributed by atoms with Crippen LogP contribution < -0.4 is 31.9 Å². The van der Waals surface area contributed by atoms with E-state index in [1.807, 2.05) is 42.5 Å². The maximum Gasteiger partial charge on any atom is 0.326 e. The number of hydrogen-bond donors (Lipinski definition) is 11. The van der Waals surface area contributed by atoms with Crippen molar-refractivity contribution >= 4 is 76.1 Å². The second-order valence-electron chi connectivity index (χ2n) is 17.1. The number of unbranched alkanes of at least 4 members (excludes halogenated alkanes) is 1. The number of urea groups is 1. The molecule has 23 nitrogen and oxygen atoms in total. The molecule has 0 aliphatic rings. The number of carbonyl (C=O) groups excluding carboxylic acids is 6. The molecule has 0 saturated carbocycles. The number of ketones is 1. The second kappa shape index (κ2) is 28.9. The molecule has 0 aliphatic heterocycles. The number of pyridine rings is 1. The molecule has 0 saturated heterocycles. The molecule has 394 valence electrons. The van der Waals surface area contributed by atoms with Crippen LogP contribution in [0.2, 0.25) is 0 Å². The minimum Gasteiger partial charge on any atom is -0.481 e. The molecule has 1 heterocycles. The highest BCUT2D eigenvalue weighted by Gasteiger charge is 2.30. The number of carboxylic acid groups (broad SMARTS) is 5. The Labute approximate surface area is 421 Å². The number of benzene rings is 3. The molecule has 0 spiro atoms. The molecule has 0 bridgehead atoms. The maximum atomic E-state index is 13.6. The van der Waals surface area contributed by atoms with E-state index in [-0.39, 0.29) is 69.2 Å².